The molecule has 3 rings (SSSR count). The Bertz CT molecular complexity index is 813. The quantitative estimate of drug-likeness (QED) is 0.768. The van der Waals surface area contributed by atoms with E-state index in [9.17, 15) is 9.50 Å². The molecule has 0 bridgehead atoms. The SMILES string of the molecule is Cc1ccc2cc(C(O)c3cccc(C)c3F)ccc2n1. The number of rotatable bonds is 2. The van der Waals surface area contributed by atoms with Crippen molar-refractivity contribution in [3.05, 3.63) is 76.7 Å². The van der Waals surface area contributed by atoms with E-state index in [1.54, 1.807) is 31.2 Å². The van der Waals surface area contributed by atoms with Crippen molar-refractivity contribution in [1.82, 2.24) is 4.98 Å². The molecule has 0 amide bonds. The van der Waals surface area contributed by atoms with Crippen molar-refractivity contribution >= 4 is 10.9 Å². The molecule has 0 radical (unpaired) electrons. The number of benzene rings is 2. The van der Waals surface area contributed by atoms with E-state index in [-0.39, 0.29) is 5.82 Å². The number of pyridine rings is 1. The molecule has 21 heavy (non-hydrogen) atoms. The molecule has 1 atom stereocenters. The van der Waals surface area contributed by atoms with Gasteiger partial charge in [0, 0.05) is 16.6 Å². The predicted molar refractivity (Wildman–Crippen MR) is 81.7 cm³/mol. The van der Waals surface area contributed by atoms with E-state index in [0.717, 1.165) is 16.6 Å². The second-order valence-corrected chi connectivity index (χ2v) is 5.29. The highest BCUT2D eigenvalue weighted by Gasteiger charge is 2.16. The van der Waals surface area contributed by atoms with E-state index < -0.39 is 6.10 Å². The van der Waals surface area contributed by atoms with Gasteiger partial charge in [0.1, 0.15) is 11.9 Å². The van der Waals surface area contributed by atoms with Gasteiger partial charge in [0.05, 0.1) is 5.52 Å². The third kappa shape index (κ3) is 2.52. The van der Waals surface area contributed by atoms with Crippen molar-refractivity contribution in [3.8, 4) is 0 Å². The van der Waals surface area contributed by atoms with Crippen LogP contribution in [0.2, 0.25) is 0 Å². The fraction of sp³-hybridized carbons (Fsp3) is 0.167. The van der Waals surface area contributed by atoms with Gasteiger partial charge < -0.3 is 5.11 Å². The third-order valence-corrected chi connectivity index (χ3v) is 3.68. The minimum absolute atomic E-state index is 0.300. The zero-order valence-corrected chi connectivity index (χ0v) is 12.0. The predicted octanol–water partition coefficient (Wildman–Crippen LogP) is 4.07. The van der Waals surface area contributed by atoms with Crippen LogP contribution in [0.15, 0.2) is 48.5 Å². The molecule has 0 saturated carbocycles. The fourth-order valence-electron chi connectivity index (χ4n) is 2.48. The summed E-state index contributed by atoms with van der Waals surface area (Å²) in [6.07, 6.45) is -0.976. The number of fused-ring (bicyclic) bond motifs is 1. The van der Waals surface area contributed by atoms with Gasteiger partial charge in [0.2, 0.25) is 0 Å². The van der Waals surface area contributed by atoms with Gasteiger partial charge in [-0.25, -0.2) is 4.39 Å². The molecule has 3 heteroatoms. The van der Waals surface area contributed by atoms with E-state index in [4.69, 9.17) is 0 Å². The molecule has 0 aliphatic carbocycles. The van der Waals surface area contributed by atoms with Crippen molar-refractivity contribution in [2.75, 3.05) is 0 Å². The van der Waals surface area contributed by atoms with Gasteiger partial charge in [0.15, 0.2) is 0 Å². The maximum atomic E-state index is 14.1. The molecule has 2 aromatic carbocycles. The van der Waals surface area contributed by atoms with Crippen LogP contribution in [-0.4, -0.2) is 10.1 Å². The lowest BCUT2D eigenvalue weighted by molar-refractivity contribution is 0.215. The zero-order chi connectivity index (χ0) is 15.0. The van der Waals surface area contributed by atoms with Gasteiger partial charge in [-0.3, -0.25) is 4.98 Å². The summed E-state index contributed by atoms with van der Waals surface area (Å²) < 4.78 is 14.1. The summed E-state index contributed by atoms with van der Waals surface area (Å²) in [6, 6.07) is 14.4. The lowest BCUT2D eigenvalue weighted by atomic mass is 9.98. The third-order valence-electron chi connectivity index (χ3n) is 3.68. The first-order chi connectivity index (χ1) is 10.1. The van der Waals surface area contributed by atoms with E-state index >= 15 is 0 Å². The number of hydrogen-bond acceptors (Lipinski definition) is 2. The minimum Gasteiger partial charge on any atom is -0.384 e. The van der Waals surface area contributed by atoms with E-state index in [1.807, 2.05) is 31.2 Å². The molecular weight excluding hydrogens is 265 g/mol. The van der Waals surface area contributed by atoms with Crippen LogP contribution in [0, 0.1) is 19.7 Å². The highest BCUT2D eigenvalue weighted by molar-refractivity contribution is 5.79. The van der Waals surface area contributed by atoms with Crippen molar-refractivity contribution in [1.29, 1.82) is 0 Å². The van der Waals surface area contributed by atoms with Crippen LogP contribution in [0.3, 0.4) is 0 Å². The zero-order valence-electron chi connectivity index (χ0n) is 12.0. The van der Waals surface area contributed by atoms with Gasteiger partial charge in [-0.15, -0.1) is 0 Å². The summed E-state index contributed by atoms with van der Waals surface area (Å²) in [5.74, 6) is -0.355. The normalized spacial score (nSPS) is 12.6. The maximum Gasteiger partial charge on any atom is 0.132 e. The average molecular weight is 281 g/mol. The Morgan fingerprint density at radius 3 is 2.67 bits per heavy atom. The van der Waals surface area contributed by atoms with Crippen molar-refractivity contribution in [2.24, 2.45) is 0 Å². The van der Waals surface area contributed by atoms with Crippen LogP contribution >= 0.6 is 0 Å². The van der Waals surface area contributed by atoms with E-state index in [0.29, 0.717) is 16.7 Å². The second-order valence-electron chi connectivity index (χ2n) is 5.29. The van der Waals surface area contributed by atoms with Crippen LogP contribution in [0.25, 0.3) is 10.9 Å². The van der Waals surface area contributed by atoms with Crippen LogP contribution in [-0.2, 0) is 0 Å². The Morgan fingerprint density at radius 2 is 1.86 bits per heavy atom. The van der Waals surface area contributed by atoms with Gasteiger partial charge in [-0.1, -0.05) is 30.3 Å². The highest BCUT2D eigenvalue weighted by atomic mass is 19.1. The monoisotopic (exact) mass is 281 g/mol. The summed E-state index contributed by atoms with van der Waals surface area (Å²) in [5, 5.41) is 11.4. The summed E-state index contributed by atoms with van der Waals surface area (Å²) in [6.45, 7) is 3.63. The van der Waals surface area contributed by atoms with Gasteiger partial charge >= 0.3 is 0 Å². The smallest absolute Gasteiger partial charge is 0.132 e. The van der Waals surface area contributed by atoms with Crippen LogP contribution < -0.4 is 0 Å². The summed E-state index contributed by atoms with van der Waals surface area (Å²) in [4.78, 5) is 4.42. The number of aliphatic hydroxyl groups is 1. The largest absolute Gasteiger partial charge is 0.384 e. The molecule has 0 saturated heterocycles. The maximum absolute atomic E-state index is 14.1. The molecular formula is C18H16FNO. The van der Waals surface area contributed by atoms with Gasteiger partial charge in [-0.2, -0.15) is 0 Å². The van der Waals surface area contributed by atoms with E-state index in [2.05, 4.69) is 4.98 Å². The van der Waals surface area contributed by atoms with Crippen molar-refractivity contribution < 1.29 is 9.50 Å². The molecule has 0 fully saturated rings. The molecule has 1 unspecified atom stereocenters. The Labute approximate surface area is 122 Å². The summed E-state index contributed by atoms with van der Waals surface area (Å²) >= 11 is 0. The Hall–Kier alpha value is -2.26. The van der Waals surface area contributed by atoms with E-state index in [1.165, 1.54) is 0 Å². The molecule has 0 aliphatic heterocycles. The van der Waals surface area contributed by atoms with Gasteiger partial charge in [0.25, 0.3) is 0 Å². The number of aryl methyl sites for hydroxylation is 2. The lowest BCUT2D eigenvalue weighted by Crippen LogP contribution is -2.04. The summed E-state index contributed by atoms with van der Waals surface area (Å²) in [7, 11) is 0. The van der Waals surface area contributed by atoms with Crippen molar-refractivity contribution in [3.63, 3.8) is 0 Å². The molecule has 3 aromatic rings. The molecule has 1 N–H and O–H groups in total. The lowest BCUT2D eigenvalue weighted by Gasteiger charge is -2.14. The first kappa shape index (κ1) is 13.7. The number of nitrogens with zero attached hydrogens (tertiary/aromatic N) is 1. The van der Waals surface area contributed by atoms with Crippen LogP contribution in [0.1, 0.15) is 28.5 Å². The standard InChI is InChI=1S/C18H16FNO/c1-11-4-3-5-15(17(11)19)18(21)14-8-9-16-13(10-14)7-6-12(2)20-16/h3-10,18,21H,1-2H3. The Balaban J connectivity index is 2.07. The Kier molecular flexibility index (Phi) is 3.43. The highest BCUT2D eigenvalue weighted by Crippen LogP contribution is 2.27. The molecule has 2 nitrogen and oxygen atoms in total. The molecule has 0 aliphatic rings. The van der Waals surface area contributed by atoms with Crippen LogP contribution in [0.4, 0.5) is 4.39 Å². The topological polar surface area (TPSA) is 33.1 Å². The minimum atomic E-state index is -0.976. The fourth-order valence-corrected chi connectivity index (χ4v) is 2.48. The summed E-state index contributed by atoms with van der Waals surface area (Å²) in [5.41, 5.74) is 3.31. The number of hydrogen-bond donors (Lipinski definition) is 1. The average Bonchev–Trinajstić information content (AvgIpc) is 2.49. The number of aliphatic hydroxyl groups excluding tert-OH is 1. The first-order valence-electron chi connectivity index (χ1n) is 6.86. The van der Waals surface area contributed by atoms with Crippen molar-refractivity contribution in [2.45, 2.75) is 20.0 Å². The molecule has 1 heterocycles. The first-order valence-corrected chi connectivity index (χ1v) is 6.86. The number of aromatic nitrogens is 1. The van der Waals surface area contributed by atoms with Crippen LogP contribution in [0.5, 0.6) is 0 Å². The molecule has 106 valence electrons. The van der Waals surface area contributed by atoms with Gasteiger partial charge in [-0.05, 0) is 43.2 Å². The Morgan fingerprint density at radius 1 is 1.05 bits per heavy atom. The second kappa shape index (κ2) is 5.26. The molecule has 0 spiro atoms. The number of halogens is 1. The molecule has 1 aromatic heterocycles.